The zero-order chi connectivity index (χ0) is 22.6. The second-order valence-electron chi connectivity index (χ2n) is 7.87. The van der Waals surface area contributed by atoms with Crippen LogP contribution in [0.25, 0.3) is 0 Å². The standard InChI is InChI=1S/C21H31N5O4S/c1-5-25(16-17-14-22-24(4)15-17)21(27)18-6-8-19(9-7-18)30-20-10-12-26(13-11-20)31(28,29)23(2)3/h6-9,14-15,20H,5,10-13,16H2,1-4H3. The van der Waals surface area contributed by atoms with Crippen LogP contribution in [0, 0.1) is 0 Å². The quantitative estimate of drug-likeness (QED) is 0.613. The molecule has 170 valence electrons. The average Bonchev–Trinajstić information content (AvgIpc) is 3.17. The van der Waals surface area contributed by atoms with Crippen molar-refractivity contribution in [1.29, 1.82) is 0 Å². The van der Waals surface area contributed by atoms with Gasteiger partial charge in [-0.1, -0.05) is 0 Å². The summed E-state index contributed by atoms with van der Waals surface area (Å²) in [5.74, 6) is 0.640. The van der Waals surface area contributed by atoms with Gasteiger partial charge in [0.2, 0.25) is 0 Å². The molecular weight excluding hydrogens is 418 g/mol. The number of amides is 1. The minimum absolute atomic E-state index is 0.0416. The summed E-state index contributed by atoms with van der Waals surface area (Å²) in [5, 5.41) is 4.15. The van der Waals surface area contributed by atoms with Crippen LogP contribution in [0.5, 0.6) is 5.75 Å². The van der Waals surface area contributed by atoms with Gasteiger partial charge in [0.05, 0.1) is 6.20 Å². The number of carbonyl (C=O) groups is 1. The van der Waals surface area contributed by atoms with E-state index < -0.39 is 10.2 Å². The lowest BCUT2D eigenvalue weighted by Crippen LogP contribution is -2.46. The minimum atomic E-state index is -3.38. The molecule has 1 aromatic heterocycles. The molecule has 2 aromatic rings. The van der Waals surface area contributed by atoms with Crippen LogP contribution < -0.4 is 4.74 Å². The Bertz CT molecular complexity index is 979. The maximum Gasteiger partial charge on any atom is 0.281 e. The SMILES string of the molecule is CCN(Cc1cnn(C)c1)C(=O)c1ccc(OC2CCN(S(=O)(=O)N(C)C)CC2)cc1. The van der Waals surface area contributed by atoms with Crippen molar-refractivity contribution in [3.8, 4) is 5.75 Å². The van der Waals surface area contributed by atoms with E-state index in [4.69, 9.17) is 4.74 Å². The highest BCUT2D eigenvalue weighted by atomic mass is 32.2. The van der Waals surface area contributed by atoms with E-state index >= 15 is 0 Å². The summed E-state index contributed by atoms with van der Waals surface area (Å²) in [6.45, 7) is 3.92. The monoisotopic (exact) mass is 449 g/mol. The highest BCUT2D eigenvalue weighted by molar-refractivity contribution is 7.86. The second kappa shape index (κ2) is 9.80. The molecule has 1 aliphatic heterocycles. The van der Waals surface area contributed by atoms with Gasteiger partial charge >= 0.3 is 0 Å². The lowest BCUT2D eigenvalue weighted by Gasteiger charge is -2.32. The van der Waals surface area contributed by atoms with Gasteiger partial charge in [0.15, 0.2) is 0 Å². The molecule has 0 aliphatic carbocycles. The lowest BCUT2D eigenvalue weighted by molar-refractivity contribution is 0.0752. The van der Waals surface area contributed by atoms with E-state index in [0.29, 0.717) is 50.3 Å². The van der Waals surface area contributed by atoms with Gasteiger partial charge in [0, 0.05) is 64.6 Å². The number of hydrogen-bond donors (Lipinski definition) is 0. The van der Waals surface area contributed by atoms with Crippen molar-refractivity contribution in [2.24, 2.45) is 7.05 Å². The van der Waals surface area contributed by atoms with Gasteiger partial charge in [-0.15, -0.1) is 0 Å². The molecule has 1 amide bonds. The number of piperidine rings is 1. The molecule has 3 rings (SSSR count). The van der Waals surface area contributed by atoms with Gasteiger partial charge in [-0.25, -0.2) is 0 Å². The maximum absolute atomic E-state index is 12.9. The van der Waals surface area contributed by atoms with Crippen LogP contribution in [-0.4, -0.2) is 77.4 Å². The summed E-state index contributed by atoms with van der Waals surface area (Å²) in [4.78, 5) is 14.6. The van der Waals surface area contributed by atoms with E-state index in [1.165, 1.54) is 22.7 Å². The van der Waals surface area contributed by atoms with Crippen LogP contribution in [0.2, 0.25) is 0 Å². The molecule has 1 aliphatic rings. The van der Waals surface area contributed by atoms with Crippen molar-refractivity contribution in [1.82, 2.24) is 23.3 Å². The number of ether oxygens (including phenoxy) is 1. The predicted molar refractivity (Wildman–Crippen MR) is 118 cm³/mol. The molecule has 0 bridgehead atoms. The number of aromatic nitrogens is 2. The Balaban J connectivity index is 1.56. The van der Waals surface area contributed by atoms with Gasteiger partial charge in [-0.3, -0.25) is 9.48 Å². The summed E-state index contributed by atoms with van der Waals surface area (Å²) in [7, 11) is 1.55. The van der Waals surface area contributed by atoms with E-state index in [1.54, 1.807) is 40.0 Å². The van der Waals surface area contributed by atoms with Crippen molar-refractivity contribution in [2.75, 3.05) is 33.7 Å². The number of nitrogens with zero attached hydrogens (tertiary/aromatic N) is 5. The Morgan fingerprint density at radius 1 is 1.19 bits per heavy atom. The second-order valence-corrected chi connectivity index (χ2v) is 10.0. The summed E-state index contributed by atoms with van der Waals surface area (Å²) in [6.07, 6.45) is 4.88. The smallest absolute Gasteiger partial charge is 0.281 e. The normalized spacial score (nSPS) is 15.9. The van der Waals surface area contributed by atoms with Gasteiger partial charge in [-0.05, 0) is 44.0 Å². The zero-order valence-corrected chi connectivity index (χ0v) is 19.4. The number of aryl methyl sites for hydroxylation is 1. The first-order valence-electron chi connectivity index (χ1n) is 10.4. The van der Waals surface area contributed by atoms with Crippen LogP contribution in [-0.2, 0) is 23.8 Å². The Hall–Kier alpha value is -2.43. The predicted octanol–water partition coefficient (Wildman–Crippen LogP) is 1.73. The van der Waals surface area contributed by atoms with E-state index in [1.807, 2.05) is 20.2 Å². The fourth-order valence-electron chi connectivity index (χ4n) is 3.56. The molecule has 9 nitrogen and oxygen atoms in total. The third kappa shape index (κ3) is 5.63. The number of carbonyl (C=O) groups excluding carboxylic acids is 1. The molecular formula is C21H31N5O4S. The Kier molecular flexibility index (Phi) is 7.34. The maximum atomic E-state index is 12.9. The average molecular weight is 450 g/mol. The zero-order valence-electron chi connectivity index (χ0n) is 18.6. The molecule has 0 N–H and O–H groups in total. The first kappa shape index (κ1) is 23.2. The van der Waals surface area contributed by atoms with Gasteiger partial charge < -0.3 is 9.64 Å². The number of rotatable bonds is 8. The first-order valence-corrected chi connectivity index (χ1v) is 11.8. The molecule has 0 spiro atoms. The van der Waals surface area contributed by atoms with Crippen molar-refractivity contribution < 1.29 is 17.9 Å². The van der Waals surface area contributed by atoms with Crippen molar-refractivity contribution in [3.63, 3.8) is 0 Å². The Labute approximate surface area is 184 Å². The Morgan fingerprint density at radius 2 is 1.84 bits per heavy atom. The molecule has 1 saturated heterocycles. The molecule has 2 heterocycles. The molecule has 1 aromatic carbocycles. The first-order chi connectivity index (χ1) is 14.7. The summed E-state index contributed by atoms with van der Waals surface area (Å²) in [6, 6.07) is 7.15. The van der Waals surface area contributed by atoms with Crippen LogP contribution in [0.15, 0.2) is 36.7 Å². The van der Waals surface area contributed by atoms with Gasteiger partial charge in [-0.2, -0.15) is 22.1 Å². The van der Waals surface area contributed by atoms with Gasteiger partial charge in [0.25, 0.3) is 16.1 Å². The molecule has 31 heavy (non-hydrogen) atoms. The van der Waals surface area contributed by atoms with E-state index in [0.717, 1.165) is 5.56 Å². The van der Waals surface area contributed by atoms with Crippen molar-refractivity contribution >= 4 is 16.1 Å². The van der Waals surface area contributed by atoms with Crippen LogP contribution in [0.4, 0.5) is 0 Å². The fourth-order valence-corrected chi connectivity index (χ4v) is 4.70. The topological polar surface area (TPSA) is 88.0 Å². The third-order valence-corrected chi connectivity index (χ3v) is 7.33. The lowest BCUT2D eigenvalue weighted by atomic mass is 10.1. The highest BCUT2D eigenvalue weighted by Crippen LogP contribution is 2.22. The van der Waals surface area contributed by atoms with Crippen LogP contribution in [0.3, 0.4) is 0 Å². The Morgan fingerprint density at radius 3 is 2.35 bits per heavy atom. The van der Waals surface area contributed by atoms with Crippen LogP contribution >= 0.6 is 0 Å². The number of benzene rings is 1. The highest BCUT2D eigenvalue weighted by Gasteiger charge is 2.30. The largest absolute Gasteiger partial charge is 0.490 e. The molecule has 10 heteroatoms. The van der Waals surface area contributed by atoms with Crippen molar-refractivity contribution in [2.45, 2.75) is 32.4 Å². The van der Waals surface area contributed by atoms with Crippen LogP contribution in [0.1, 0.15) is 35.7 Å². The molecule has 0 atom stereocenters. The number of hydrogen-bond acceptors (Lipinski definition) is 5. The summed E-state index contributed by atoms with van der Waals surface area (Å²) >= 11 is 0. The van der Waals surface area contributed by atoms with E-state index in [-0.39, 0.29) is 12.0 Å². The van der Waals surface area contributed by atoms with Gasteiger partial charge in [0.1, 0.15) is 11.9 Å². The van der Waals surface area contributed by atoms with E-state index in [9.17, 15) is 13.2 Å². The van der Waals surface area contributed by atoms with E-state index in [2.05, 4.69) is 5.10 Å². The molecule has 0 unspecified atom stereocenters. The van der Waals surface area contributed by atoms with Crippen molar-refractivity contribution in [3.05, 3.63) is 47.8 Å². The summed E-state index contributed by atoms with van der Waals surface area (Å²) in [5.41, 5.74) is 1.59. The molecule has 0 saturated carbocycles. The summed E-state index contributed by atoms with van der Waals surface area (Å²) < 4.78 is 34.9. The fraction of sp³-hybridized carbons (Fsp3) is 0.524. The third-order valence-electron chi connectivity index (χ3n) is 5.39. The molecule has 1 fully saturated rings. The molecule has 0 radical (unpaired) electrons. The minimum Gasteiger partial charge on any atom is -0.490 e.